The molecule has 136 valence electrons. The Morgan fingerprint density at radius 2 is 1.93 bits per heavy atom. The Morgan fingerprint density at radius 3 is 2.74 bits per heavy atom. The fraction of sp³-hybridized carbons (Fsp3) is 0.182. The normalized spacial score (nSPS) is 16.0. The molecule has 1 aliphatic heterocycles. The van der Waals surface area contributed by atoms with Gasteiger partial charge in [-0.15, -0.1) is 0 Å². The van der Waals surface area contributed by atoms with Crippen LogP contribution in [-0.4, -0.2) is 23.5 Å². The molecule has 0 saturated heterocycles. The lowest BCUT2D eigenvalue weighted by molar-refractivity contribution is 0.0775. The van der Waals surface area contributed by atoms with Crippen molar-refractivity contribution in [3.63, 3.8) is 0 Å². The monoisotopic (exact) mass is 361 g/mol. The Balaban J connectivity index is 1.52. The highest BCUT2D eigenvalue weighted by Crippen LogP contribution is 2.30. The molecule has 4 rings (SSSR count). The Kier molecular flexibility index (Phi) is 5.01. The third-order valence-corrected chi connectivity index (χ3v) is 4.31. The zero-order chi connectivity index (χ0) is 18.5. The minimum absolute atomic E-state index is 0.114. The maximum Gasteiger partial charge on any atom is 0.207 e. The molecule has 1 atom stereocenters. The summed E-state index contributed by atoms with van der Waals surface area (Å²) >= 11 is 0. The topological polar surface area (TPSA) is 57.7 Å². The van der Waals surface area contributed by atoms with Crippen molar-refractivity contribution in [3.05, 3.63) is 84.2 Å². The van der Waals surface area contributed by atoms with E-state index in [1.807, 2.05) is 36.4 Å². The molecule has 0 aliphatic carbocycles. The highest BCUT2D eigenvalue weighted by molar-refractivity contribution is 6.02. The molecule has 5 nitrogen and oxygen atoms in total. The fourth-order valence-corrected chi connectivity index (χ4v) is 2.93. The number of carbonyl (C=O) groups is 1. The SMILES string of the molecule is O=C1c2cc(OCc3ccccc3)ccc2OCCC1Oc1cccnc1. The van der Waals surface area contributed by atoms with Gasteiger partial charge in [0.15, 0.2) is 6.10 Å². The van der Waals surface area contributed by atoms with Gasteiger partial charge in [0, 0.05) is 12.6 Å². The summed E-state index contributed by atoms with van der Waals surface area (Å²) in [5, 5.41) is 0. The van der Waals surface area contributed by atoms with E-state index in [1.54, 1.807) is 36.7 Å². The summed E-state index contributed by atoms with van der Waals surface area (Å²) in [7, 11) is 0. The second-order valence-corrected chi connectivity index (χ2v) is 6.23. The Bertz CT molecular complexity index is 912. The van der Waals surface area contributed by atoms with E-state index in [-0.39, 0.29) is 5.78 Å². The third kappa shape index (κ3) is 4.08. The molecule has 0 saturated carbocycles. The average molecular weight is 361 g/mol. The van der Waals surface area contributed by atoms with Gasteiger partial charge < -0.3 is 14.2 Å². The number of hydrogen-bond donors (Lipinski definition) is 0. The number of benzene rings is 2. The first-order valence-electron chi connectivity index (χ1n) is 8.84. The van der Waals surface area contributed by atoms with E-state index in [9.17, 15) is 4.79 Å². The molecule has 0 fully saturated rings. The van der Waals surface area contributed by atoms with Crippen molar-refractivity contribution in [2.24, 2.45) is 0 Å². The summed E-state index contributed by atoms with van der Waals surface area (Å²) in [6.45, 7) is 0.845. The van der Waals surface area contributed by atoms with Gasteiger partial charge in [0.05, 0.1) is 18.4 Å². The highest BCUT2D eigenvalue weighted by Gasteiger charge is 2.28. The smallest absolute Gasteiger partial charge is 0.207 e. The molecular weight excluding hydrogens is 342 g/mol. The molecule has 27 heavy (non-hydrogen) atoms. The first-order valence-corrected chi connectivity index (χ1v) is 8.84. The number of ether oxygens (including phenoxy) is 3. The lowest BCUT2D eigenvalue weighted by atomic mass is 10.0. The van der Waals surface area contributed by atoms with Crippen LogP contribution in [0.3, 0.4) is 0 Å². The van der Waals surface area contributed by atoms with Gasteiger partial charge in [-0.05, 0) is 35.9 Å². The van der Waals surface area contributed by atoms with Crippen LogP contribution in [0.5, 0.6) is 17.2 Å². The number of ketones is 1. The van der Waals surface area contributed by atoms with E-state index in [1.165, 1.54) is 0 Å². The maximum atomic E-state index is 13.0. The number of pyridine rings is 1. The van der Waals surface area contributed by atoms with Crippen molar-refractivity contribution >= 4 is 5.78 Å². The van der Waals surface area contributed by atoms with E-state index in [0.29, 0.717) is 42.4 Å². The molecule has 1 aliphatic rings. The number of aromatic nitrogens is 1. The molecule has 2 heterocycles. The Morgan fingerprint density at radius 1 is 1.04 bits per heavy atom. The summed E-state index contributed by atoms with van der Waals surface area (Å²) < 4.78 is 17.4. The van der Waals surface area contributed by atoms with Crippen LogP contribution in [0.25, 0.3) is 0 Å². The van der Waals surface area contributed by atoms with Gasteiger partial charge in [0.25, 0.3) is 0 Å². The molecule has 5 heteroatoms. The number of hydrogen-bond acceptors (Lipinski definition) is 5. The maximum absolute atomic E-state index is 13.0. The zero-order valence-corrected chi connectivity index (χ0v) is 14.7. The van der Waals surface area contributed by atoms with E-state index in [0.717, 1.165) is 5.56 Å². The average Bonchev–Trinajstić information content (AvgIpc) is 2.87. The van der Waals surface area contributed by atoms with Crippen LogP contribution in [0.2, 0.25) is 0 Å². The van der Waals surface area contributed by atoms with Gasteiger partial charge in [-0.1, -0.05) is 30.3 Å². The fourth-order valence-electron chi connectivity index (χ4n) is 2.93. The molecule has 1 unspecified atom stereocenters. The van der Waals surface area contributed by atoms with Gasteiger partial charge in [0.2, 0.25) is 5.78 Å². The summed E-state index contributed by atoms with van der Waals surface area (Å²) in [6.07, 6.45) is 3.12. The molecule has 0 N–H and O–H groups in total. The van der Waals surface area contributed by atoms with Crippen LogP contribution < -0.4 is 14.2 Å². The first-order chi connectivity index (χ1) is 13.3. The molecule has 3 aromatic rings. The standard InChI is InChI=1S/C22H19NO4/c24-22-19-13-17(26-15-16-5-2-1-3-6-16)8-9-20(19)25-12-10-21(22)27-18-7-4-11-23-14-18/h1-9,11,13-14,21H,10,12,15H2. The Labute approximate surface area is 157 Å². The van der Waals surface area contributed by atoms with Crippen LogP contribution in [0.15, 0.2) is 73.1 Å². The van der Waals surface area contributed by atoms with Crippen molar-refractivity contribution < 1.29 is 19.0 Å². The van der Waals surface area contributed by atoms with E-state index in [2.05, 4.69) is 4.98 Å². The lowest BCUT2D eigenvalue weighted by Crippen LogP contribution is -2.27. The second-order valence-electron chi connectivity index (χ2n) is 6.23. The summed E-state index contributed by atoms with van der Waals surface area (Å²) in [5.41, 5.74) is 1.54. The predicted octanol–water partition coefficient (Wildman–Crippen LogP) is 4.07. The minimum atomic E-state index is -0.611. The Hall–Kier alpha value is -3.34. The largest absolute Gasteiger partial charge is 0.493 e. The molecule has 1 aromatic heterocycles. The summed E-state index contributed by atoms with van der Waals surface area (Å²) in [5.74, 6) is 1.63. The molecular formula is C22H19NO4. The number of nitrogens with zero attached hydrogens (tertiary/aromatic N) is 1. The number of rotatable bonds is 5. The molecule has 0 bridgehead atoms. The molecule has 0 spiro atoms. The van der Waals surface area contributed by atoms with Gasteiger partial charge in [-0.2, -0.15) is 0 Å². The number of Topliss-reactive ketones (excluding diaryl/α,β-unsaturated/α-hetero) is 1. The molecule has 0 amide bonds. The van der Waals surface area contributed by atoms with E-state index in [4.69, 9.17) is 14.2 Å². The lowest BCUT2D eigenvalue weighted by Gasteiger charge is -2.15. The zero-order valence-electron chi connectivity index (χ0n) is 14.7. The summed E-state index contributed by atoms with van der Waals surface area (Å²) in [6, 6.07) is 18.8. The molecule has 2 aromatic carbocycles. The van der Waals surface area contributed by atoms with E-state index < -0.39 is 6.10 Å². The van der Waals surface area contributed by atoms with Crippen molar-refractivity contribution in [1.29, 1.82) is 0 Å². The minimum Gasteiger partial charge on any atom is -0.493 e. The predicted molar refractivity (Wildman–Crippen MR) is 100 cm³/mol. The van der Waals surface area contributed by atoms with Crippen LogP contribution in [-0.2, 0) is 6.61 Å². The number of carbonyl (C=O) groups excluding carboxylic acids is 1. The van der Waals surface area contributed by atoms with Crippen molar-refractivity contribution in [1.82, 2.24) is 4.98 Å². The van der Waals surface area contributed by atoms with Gasteiger partial charge in [-0.3, -0.25) is 9.78 Å². The van der Waals surface area contributed by atoms with Crippen LogP contribution >= 0.6 is 0 Å². The van der Waals surface area contributed by atoms with Crippen LogP contribution in [0.4, 0.5) is 0 Å². The van der Waals surface area contributed by atoms with Crippen molar-refractivity contribution in [2.45, 2.75) is 19.1 Å². The van der Waals surface area contributed by atoms with Crippen LogP contribution in [0, 0.1) is 0 Å². The van der Waals surface area contributed by atoms with Crippen LogP contribution in [0.1, 0.15) is 22.3 Å². The third-order valence-electron chi connectivity index (χ3n) is 4.31. The number of fused-ring (bicyclic) bond motifs is 1. The first kappa shape index (κ1) is 17.1. The van der Waals surface area contributed by atoms with Gasteiger partial charge >= 0.3 is 0 Å². The van der Waals surface area contributed by atoms with Crippen molar-refractivity contribution in [2.75, 3.05) is 6.61 Å². The molecule has 0 radical (unpaired) electrons. The highest BCUT2D eigenvalue weighted by atomic mass is 16.5. The quantitative estimate of drug-likeness (QED) is 0.685. The van der Waals surface area contributed by atoms with E-state index >= 15 is 0 Å². The van der Waals surface area contributed by atoms with Gasteiger partial charge in [0.1, 0.15) is 23.9 Å². The summed E-state index contributed by atoms with van der Waals surface area (Å²) in [4.78, 5) is 17.0. The second kappa shape index (κ2) is 7.91. The van der Waals surface area contributed by atoms with Crippen molar-refractivity contribution in [3.8, 4) is 17.2 Å². The van der Waals surface area contributed by atoms with Gasteiger partial charge in [-0.25, -0.2) is 0 Å².